The molecule has 6 nitrogen and oxygen atoms in total. The van der Waals surface area contributed by atoms with Crippen molar-refractivity contribution in [1.82, 2.24) is 14.7 Å². The molecular weight excluding hydrogens is 426 g/mol. The van der Waals surface area contributed by atoms with Gasteiger partial charge in [0.15, 0.2) is 0 Å². The van der Waals surface area contributed by atoms with Gasteiger partial charge in [-0.25, -0.2) is 0 Å². The molecule has 2 aromatic rings. The maximum Gasteiger partial charge on any atom is 0.246 e. The maximum atomic E-state index is 12.6. The Morgan fingerprint density at radius 3 is 2.22 bits per heavy atom. The third-order valence-electron chi connectivity index (χ3n) is 5.76. The van der Waals surface area contributed by atoms with Crippen molar-refractivity contribution in [3.8, 4) is 11.5 Å². The average molecular weight is 456 g/mol. The van der Waals surface area contributed by atoms with Crippen molar-refractivity contribution in [2.75, 3.05) is 45.8 Å². The normalized spacial score (nSPS) is 16.8. The molecule has 4 rings (SSSR count). The Balaban J connectivity index is 0.00000289. The van der Waals surface area contributed by atoms with Crippen molar-refractivity contribution in [2.45, 2.75) is 12.8 Å². The lowest BCUT2D eigenvalue weighted by molar-refractivity contribution is -0.132. The highest BCUT2D eigenvalue weighted by atomic mass is 35.5. The molecule has 2 aliphatic heterocycles. The minimum absolute atomic E-state index is 0. The van der Waals surface area contributed by atoms with E-state index < -0.39 is 0 Å². The van der Waals surface area contributed by atoms with E-state index in [0.29, 0.717) is 19.6 Å². The molecule has 2 aliphatic rings. The molecule has 2 aromatic carbocycles. The van der Waals surface area contributed by atoms with E-state index in [1.807, 2.05) is 70.5 Å². The van der Waals surface area contributed by atoms with E-state index in [4.69, 9.17) is 4.74 Å². The smallest absolute Gasteiger partial charge is 0.246 e. The summed E-state index contributed by atoms with van der Waals surface area (Å²) in [7, 11) is 0. The van der Waals surface area contributed by atoms with Gasteiger partial charge in [0.1, 0.15) is 11.5 Å². The SMILES string of the molecule is Cl.O=C(/C=C/c1cccc(Oc2ccccc2)c1)N1CCN(CC(=O)N2CCCC2)CC1. The van der Waals surface area contributed by atoms with Gasteiger partial charge >= 0.3 is 0 Å². The van der Waals surface area contributed by atoms with E-state index in [9.17, 15) is 9.59 Å². The number of benzene rings is 2. The first kappa shape index (κ1) is 23.8. The molecule has 0 aliphatic carbocycles. The topological polar surface area (TPSA) is 53.1 Å². The molecule has 32 heavy (non-hydrogen) atoms. The highest BCUT2D eigenvalue weighted by Gasteiger charge is 2.24. The maximum absolute atomic E-state index is 12.6. The molecule has 7 heteroatoms. The number of halogens is 1. The largest absolute Gasteiger partial charge is 0.457 e. The molecular formula is C25H30ClN3O3. The van der Waals surface area contributed by atoms with E-state index in [2.05, 4.69) is 4.90 Å². The van der Waals surface area contributed by atoms with Crippen LogP contribution in [0.15, 0.2) is 60.7 Å². The predicted molar refractivity (Wildman–Crippen MR) is 128 cm³/mol. The summed E-state index contributed by atoms with van der Waals surface area (Å²) in [6.45, 7) is 5.01. The standard InChI is InChI=1S/C25H29N3O3.ClH/c29-24(28-17-15-26(16-18-28)20-25(30)27-13-4-5-14-27)12-11-21-7-6-10-23(19-21)31-22-8-2-1-3-9-22;/h1-3,6-12,19H,4-5,13-18,20H2;1H/b12-11+;. The van der Waals surface area contributed by atoms with Crippen LogP contribution in [0.2, 0.25) is 0 Å². The number of likely N-dealkylation sites (tertiary alicyclic amines) is 1. The van der Waals surface area contributed by atoms with Crippen molar-refractivity contribution in [3.63, 3.8) is 0 Å². The molecule has 0 bridgehead atoms. The molecule has 170 valence electrons. The number of carbonyl (C=O) groups is 2. The molecule has 2 saturated heterocycles. The van der Waals surface area contributed by atoms with Gasteiger partial charge < -0.3 is 14.5 Å². The summed E-state index contributed by atoms with van der Waals surface area (Å²) >= 11 is 0. The molecule has 0 atom stereocenters. The number of ether oxygens (including phenoxy) is 1. The zero-order valence-electron chi connectivity index (χ0n) is 18.2. The lowest BCUT2D eigenvalue weighted by Crippen LogP contribution is -2.51. The van der Waals surface area contributed by atoms with Crippen LogP contribution in [0.25, 0.3) is 6.08 Å². The van der Waals surface area contributed by atoms with Crippen LogP contribution < -0.4 is 4.74 Å². The number of nitrogens with zero attached hydrogens (tertiary/aromatic N) is 3. The van der Waals surface area contributed by atoms with Gasteiger partial charge in [0.25, 0.3) is 0 Å². The molecule has 0 N–H and O–H groups in total. The molecule has 2 heterocycles. The fourth-order valence-electron chi connectivity index (χ4n) is 3.96. The minimum Gasteiger partial charge on any atom is -0.457 e. The molecule has 2 amide bonds. The third-order valence-corrected chi connectivity index (χ3v) is 5.76. The van der Waals surface area contributed by atoms with Crippen LogP contribution in [-0.2, 0) is 9.59 Å². The van der Waals surface area contributed by atoms with E-state index >= 15 is 0 Å². The number of para-hydroxylation sites is 1. The lowest BCUT2D eigenvalue weighted by atomic mass is 10.2. The Morgan fingerprint density at radius 1 is 0.812 bits per heavy atom. The van der Waals surface area contributed by atoms with Crippen molar-refractivity contribution >= 4 is 30.3 Å². The first-order chi connectivity index (χ1) is 15.2. The summed E-state index contributed by atoms with van der Waals surface area (Å²) in [4.78, 5) is 30.9. The second kappa shape index (κ2) is 11.7. The fraction of sp³-hybridized carbons (Fsp3) is 0.360. The van der Waals surface area contributed by atoms with E-state index in [0.717, 1.165) is 56.1 Å². The van der Waals surface area contributed by atoms with Gasteiger partial charge in [-0.3, -0.25) is 14.5 Å². The Kier molecular flexibility index (Phi) is 8.71. The summed E-state index contributed by atoms with van der Waals surface area (Å²) in [5.74, 6) is 1.73. The van der Waals surface area contributed by atoms with Gasteiger partial charge in [-0.2, -0.15) is 0 Å². The summed E-state index contributed by atoms with van der Waals surface area (Å²) in [6, 6.07) is 17.3. The molecule has 2 fully saturated rings. The monoisotopic (exact) mass is 455 g/mol. The lowest BCUT2D eigenvalue weighted by Gasteiger charge is -2.34. The Labute approximate surface area is 195 Å². The van der Waals surface area contributed by atoms with Crippen molar-refractivity contribution in [2.24, 2.45) is 0 Å². The first-order valence-corrected chi connectivity index (χ1v) is 11.0. The number of rotatable bonds is 6. The number of piperazine rings is 1. The molecule has 0 unspecified atom stereocenters. The van der Waals surface area contributed by atoms with E-state index in [1.165, 1.54) is 0 Å². The number of hydrogen-bond donors (Lipinski definition) is 0. The quantitative estimate of drug-likeness (QED) is 0.623. The van der Waals surface area contributed by atoms with Crippen LogP contribution in [0.5, 0.6) is 11.5 Å². The summed E-state index contributed by atoms with van der Waals surface area (Å²) in [6.07, 6.45) is 5.67. The molecule has 0 aromatic heterocycles. The van der Waals surface area contributed by atoms with Crippen LogP contribution in [-0.4, -0.2) is 72.3 Å². The van der Waals surface area contributed by atoms with Crippen LogP contribution in [0.1, 0.15) is 18.4 Å². The van der Waals surface area contributed by atoms with Gasteiger partial charge in [-0.05, 0) is 48.7 Å². The van der Waals surface area contributed by atoms with Gasteiger partial charge in [-0.15, -0.1) is 12.4 Å². The van der Waals surface area contributed by atoms with Crippen LogP contribution >= 0.6 is 12.4 Å². The van der Waals surface area contributed by atoms with Gasteiger partial charge in [0.05, 0.1) is 6.54 Å². The zero-order chi connectivity index (χ0) is 21.5. The summed E-state index contributed by atoms with van der Waals surface area (Å²) < 4.78 is 5.86. The predicted octanol–water partition coefficient (Wildman–Crippen LogP) is 3.68. The van der Waals surface area contributed by atoms with Crippen LogP contribution in [0.4, 0.5) is 0 Å². The van der Waals surface area contributed by atoms with Crippen LogP contribution in [0.3, 0.4) is 0 Å². The Bertz CT molecular complexity index is 921. The Hall–Kier alpha value is -2.83. The first-order valence-electron chi connectivity index (χ1n) is 11.0. The number of amides is 2. The summed E-state index contributed by atoms with van der Waals surface area (Å²) in [5, 5.41) is 0. The zero-order valence-corrected chi connectivity index (χ0v) is 19.0. The second-order valence-electron chi connectivity index (χ2n) is 8.01. The highest BCUT2D eigenvalue weighted by Crippen LogP contribution is 2.22. The van der Waals surface area contributed by atoms with Gasteiger partial charge in [0, 0.05) is 45.3 Å². The highest BCUT2D eigenvalue weighted by molar-refractivity contribution is 5.92. The minimum atomic E-state index is -0.0000924. The average Bonchev–Trinajstić information content (AvgIpc) is 3.34. The number of carbonyl (C=O) groups excluding carboxylic acids is 2. The Morgan fingerprint density at radius 2 is 1.50 bits per heavy atom. The fourth-order valence-corrected chi connectivity index (χ4v) is 3.96. The van der Waals surface area contributed by atoms with Gasteiger partial charge in [-0.1, -0.05) is 30.3 Å². The molecule has 0 spiro atoms. The van der Waals surface area contributed by atoms with E-state index in [1.54, 1.807) is 6.08 Å². The van der Waals surface area contributed by atoms with Crippen molar-refractivity contribution in [1.29, 1.82) is 0 Å². The third kappa shape index (κ3) is 6.58. The molecule has 0 radical (unpaired) electrons. The van der Waals surface area contributed by atoms with Crippen molar-refractivity contribution in [3.05, 3.63) is 66.2 Å². The summed E-state index contributed by atoms with van der Waals surface area (Å²) in [5.41, 5.74) is 0.914. The molecule has 0 saturated carbocycles. The number of hydrogen-bond acceptors (Lipinski definition) is 4. The van der Waals surface area contributed by atoms with Gasteiger partial charge in [0.2, 0.25) is 11.8 Å². The van der Waals surface area contributed by atoms with Crippen LogP contribution in [0, 0.1) is 0 Å². The van der Waals surface area contributed by atoms with E-state index in [-0.39, 0.29) is 24.2 Å². The second-order valence-corrected chi connectivity index (χ2v) is 8.01. The van der Waals surface area contributed by atoms with Crippen molar-refractivity contribution < 1.29 is 14.3 Å².